The Bertz CT molecular complexity index is 802. The highest BCUT2D eigenvalue weighted by atomic mass is 32.2. The number of rotatable bonds is 6. The molecule has 0 bridgehead atoms. The van der Waals surface area contributed by atoms with Crippen molar-refractivity contribution in [2.24, 2.45) is 0 Å². The second-order valence-corrected chi connectivity index (χ2v) is 5.83. The molecular formula is C14H18N4O4S. The number of carbonyl (C=O) groups excluding carboxylic acids is 2. The van der Waals surface area contributed by atoms with E-state index >= 15 is 0 Å². The molecule has 0 saturated heterocycles. The zero-order valence-corrected chi connectivity index (χ0v) is 14.2. The molecule has 0 spiro atoms. The lowest BCUT2D eigenvalue weighted by molar-refractivity contribution is 0.0599. The summed E-state index contributed by atoms with van der Waals surface area (Å²) in [4.78, 5) is 38.6. The van der Waals surface area contributed by atoms with Gasteiger partial charge in [0.1, 0.15) is 0 Å². The second-order valence-electron chi connectivity index (χ2n) is 4.88. The van der Waals surface area contributed by atoms with Crippen LogP contribution >= 0.6 is 11.8 Å². The molecule has 0 unspecified atom stereocenters. The molecule has 124 valence electrons. The first-order chi connectivity index (χ1) is 10.9. The van der Waals surface area contributed by atoms with Gasteiger partial charge in [-0.05, 0) is 26.3 Å². The number of nitrogens with one attached hydrogen (secondary N) is 2. The van der Waals surface area contributed by atoms with Crippen LogP contribution in [-0.4, -0.2) is 44.4 Å². The fourth-order valence-corrected chi connectivity index (χ4v) is 3.21. The largest absolute Gasteiger partial charge is 0.465 e. The molecule has 0 atom stereocenters. The Labute approximate surface area is 136 Å². The van der Waals surface area contributed by atoms with Crippen molar-refractivity contribution in [3.05, 3.63) is 33.0 Å². The maximum Gasteiger partial charge on any atom is 0.343 e. The van der Waals surface area contributed by atoms with E-state index in [4.69, 9.17) is 4.74 Å². The van der Waals surface area contributed by atoms with Crippen LogP contribution in [0.5, 0.6) is 0 Å². The van der Waals surface area contributed by atoms with Gasteiger partial charge in [-0.1, -0.05) is 11.8 Å². The van der Waals surface area contributed by atoms with Crippen LogP contribution in [0.3, 0.4) is 0 Å². The maximum absolute atomic E-state index is 12.4. The van der Waals surface area contributed by atoms with Gasteiger partial charge in [0, 0.05) is 12.2 Å². The molecule has 2 rings (SSSR count). The third-order valence-corrected chi connectivity index (χ3v) is 4.45. The number of ketones is 1. The third-order valence-electron chi connectivity index (χ3n) is 3.48. The van der Waals surface area contributed by atoms with E-state index in [0.717, 1.165) is 0 Å². The number of hydrogen-bond acceptors (Lipinski definition) is 6. The van der Waals surface area contributed by atoms with E-state index in [0.29, 0.717) is 34.2 Å². The number of aryl methyl sites for hydroxylation is 1. The van der Waals surface area contributed by atoms with Crippen LogP contribution in [-0.2, 0) is 11.3 Å². The second kappa shape index (κ2) is 6.86. The van der Waals surface area contributed by atoms with Gasteiger partial charge in [-0.2, -0.15) is 0 Å². The van der Waals surface area contributed by atoms with Crippen molar-refractivity contribution in [3.63, 3.8) is 0 Å². The average Bonchev–Trinajstić information content (AvgIpc) is 3.03. The predicted octanol–water partition coefficient (Wildman–Crippen LogP) is 1.30. The monoisotopic (exact) mass is 338 g/mol. The van der Waals surface area contributed by atoms with Gasteiger partial charge < -0.3 is 9.72 Å². The lowest BCUT2D eigenvalue weighted by atomic mass is 10.1. The summed E-state index contributed by atoms with van der Waals surface area (Å²) in [6, 6.07) is 0. The Balaban J connectivity index is 2.18. The fourth-order valence-electron chi connectivity index (χ4n) is 2.33. The van der Waals surface area contributed by atoms with Gasteiger partial charge in [0.05, 0.1) is 24.1 Å². The molecular weight excluding hydrogens is 320 g/mol. The highest BCUT2D eigenvalue weighted by Crippen LogP contribution is 2.22. The maximum atomic E-state index is 12.4. The highest BCUT2D eigenvalue weighted by molar-refractivity contribution is 7.99. The molecule has 0 aliphatic rings. The molecule has 0 aromatic carbocycles. The average molecular weight is 338 g/mol. The van der Waals surface area contributed by atoms with Gasteiger partial charge in [0.15, 0.2) is 10.9 Å². The van der Waals surface area contributed by atoms with Crippen LogP contribution in [0, 0.1) is 13.8 Å². The van der Waals surface area contributed by atoms with E-state index in [1.165, 1.54) is 23.4 Å². The Kier molecular flexibility index (Phi) is 5.09. The van der Waals surface area contributed by atoms with Gasteiger partial charge >= 0.3 is 11.7 Å². The number of nitrogens with zero attached hydrogens (tertiary/aromatic N) is 2. The molecule has 0 aliphatic heterocycles. The standard InChI is InChI=1S/C14H18N4O4S/c1-5-18-13(21)16-17-14(18)23-6-9(19)11-7(2)10(8(3)15-11)12(20)22-4/h15H,5-6H2,1-4H3,(H,16,21). The molecule has 8 nitrogen and oxygen atoms in total. The first kappa shape index (κ1) is 17.1. The Morgan fingerprint density at radius 3 is 2.65 bits per heavy atom. The van der Waals surface area contributed by atoms with E-state index in [-0.39, 0.29) is 17.2 Å². The predicted molar refractivity (Wildman–Crippen MR) is 85.2 cm³/mol. The molecule has 0 saturated carbocycles. The minimum Gasteiger partial charge on any atom is -0.465 e. The first-order valence-electron chi connectivity index (χ1n) is 6.99. The van der Waals surface area contributed by atoms with Crippen molar-refractivity contribution in [1.29, 1.82) is 0 Å². The zero-order valence-electron chi connectivity index (χ0n) is 13.3. The number of aromatic amines is 2. The molecule has 2 aromatic rings. The van der Waals surface area contributed by atoms with Crippen LogP contribution < -0.4 is 5.69 Å². The summed E-state index contributed by atoms with van der Waals surface area (Å²) in [5, 5.41) is 6.70. The number of Topliss-reactive ketones (excluding diaryl/α,β-unsaturated/α-hetero) is 1. The van der Waals surface area contributed by atoms with Gasteiger partial charge in [-0.25, -0.2) is 14.7 Å². The van der Waals surface area contributed by atoms with E-state index in [1.54, 1.807) is 13.8 Å². The molecule has 23 heavy (non-hydrogen) atoms. The van der Waals surface area contributed by atoms with Crippen molar-refractivity contribution in [3.8, 4) is 0 Å². The Hall–Kier alpha value is -2.29. The van der Waals surface area contributed by atoms with Crippen LogP contribution in [0.1, 0.15) is 39.0 Å². The van der Waals surface area contributed by atoms with Crippen LogP contribution in [0.25, 0.3) is 0 Å². The minimum atomic E-state index is -0.477. The van der Waals surface area contributed by atoms with E-state index in [9.17, 15) is 14.4 Å². The Morgan fingerprint density at radius 2 is 2.04 bits per heavy atom. The van der Waals surface area contributed by atoms with Crippen molar-refractivity contribution in [2.45, 2.75) is 32.5 Å². The van der Waals surface area contributed by atoms with E-state index in [1.807, 2.05) is 6.92 Å². The topological polar surface area (TPSA) is 110 Å². The number of hydrogen-bond donors (Lipinski definition) is 2. The number of aromatic nitrogens is 4. The molecule has 0 aliphatic carbocycles. The summed E-state index contributed by atoms with van der Waals surface area (Å²) in [5.74, 6) is -0.551. The van der Waals surface area contributed by atoms with Gasteiger partial charge in [0.25, 0.3) is 0 Å². The molecule has 9 heteroatoms. The molecule has 0 amide bonds. The summed E-state index contributed by atoms with van der Waals surface area (Å²) >= 11 is 1.17. The normalized spacial score (nSPS) is 10.8. The van der Waals surface area contributed by atoms with Gasteiger partial charge in [-0.3, -0.25) is 9.36 Å². The quantitative estimate of drug-likeness (QED) is 0.467. The fraction of sp³-hybridized carbons (Fsp3) is 0.429. The van der Waals surface area contributed by atoms with E-state index < -0.39 is 5.97 Å². The van der Waals surface area contributed by atoms with Crippen molar-refractivity contribution < 1.29 is 14.3 Å². The first-order valence-corrected chi connectivity index (χ1v) is 7.97. The number of methoxy groups -OCH3 is 1. The number of esters is 1. The summed E-state index contributed by atoms with van der Waals surface area (Å²) in [7, 11) is 1.30. The Morgan fingerprint density at radius 1 is 1.35 bits per heavy atom. The summed E-state index contributed by atoms with van der Waals surface area (Å²) in [6.45, 7) is 5.71. The van der Waals surface area contributed by atoms with Crippen LogP contribution in [0.4, 0.5) is 0 Å². The smallest absolute Gasteiger partial charge is 0.343 e. The SMILES string of the molecule is CCn1c(SCC(=O)c2[nH]c(C)c(C(=O)OC)c2C)n[nH]c1=O. The molecule has 2 heterocycles. The lowest BCUT2D eigenvalue weighted by Crippen LogP contribution is -2.16. The van der Waals surface area contributed by atoms with Crippen LogP contribution in [0.15, 0.2) is 9.95 Å². The molecule has 0 radical (unpaired) electrons. The molecule has 0 fully saturated rings. The number of ether oxygens (including phenoxy) is 1. The summed E-state index contributed by atoms with van der Waals surface area (Å²) < 4.78 is 6.17. The number of thioether (sulfide) groups is 1. The summed E-state index contributed by atoms with van der Waals surface area (Å²) in [5.41, 5.74) is 1.60. The number of H-pyrrole nitrogens is 2. The van der Waals surface area contributed by atoms with Crippen LogP contribution in [0.2, 0.25) is 0 Å². The van der Waals surface area contributed by atoms with Crippen molar-refractivity contribution >= 4 is 23.5 Å². The van der Waals surface area contributed by atoms with Crippen molar-refractivity contribution in [2.75, 3.05) is 12.9 Å². The van der Waals surface area contributed by atoms with Crippen molar-refractivity contribution in [1.82, 2.24) is 19.7 Å². The zero-order chi connectivity index (χ0) is 17.1. The molecule has 2 aromatic heterocycles. The lowest BCUT2D eigenvalue weighted by Gasteiger charge is -2.02. The van der Waals surface area contributed by atoms with Gasteiger partial charge in [0.2, 0.25) is 0 Å². The summed E-state index contributed by atoms with van der Waals surface area (Å²) in [6.07, 6.45) is 0. The van der Waals surface area contributed by atoms with Gasteiger partial charge in [-0.15, -0.1) is 5.10 Å². The number of carbonyl (C=O) groups is 2. The molecule has 2 N–H and O–H groups in total. The minimum absolute atomic E-state index is 0.103. The third kappa shape index (κ3) is 3.24. The highest BCUT2D eigenvalue weighted by Gasteiger charge is 2.22. The van der Waals surface area contributed by atoms with E-state index in [2.05, 4.69) is 15.2 Å².